The quantitative estimate of drug-likeness (QED) is 0.779. The molecule has 3 aromatic rings. The molecule has 0 aliphatic heterocycles. The summed E-state index contributed by atoms with van der Waals surface area (Å²) in [5.41, 5.74) is 1.61. The highest BCUT2D eigenvalue weighted by Crippen LogP contribution is 2.20. The molecule has 0 saturated carbocycles. The van der Waals surface area contributed by atoms with Crippen LogP contribution in [0.5, 0.6) is 5.75 Å². The number of aromatic nitrogens is 2. The number of nitrogens with zero attached hydrogens (tertiary/aromatic N) is 2. The van der Waals surface area contributed by atoms with Crippen molar-refractivity contribution in [3.8, 4) is 17.1 Å². The fraction of sp³-hybridized carbons (Fsp3) is 0.125. The zero-order valence-electron chi connectivity index (χ0n) is 11.3. The van der Waals surface area contributed by atoms with Crippen molar-refractivity contribution < 1.29 is 14.4 Å². The summed E-state index contributed by atoms with van der Waals surface area (Å²) >= 11 is 0. The number of ether oxygens (including phenoxy) is 1. The monoisotopic (exact) mass is 282 g/mol. The Bertz CT molecular complexity index is 710. The van der Waals surface area contributed by atoms with Crippen LogP contribution in [0.25, 0.3) is 11.4 Å². The Hall–Kier alpha value is -2.66. The standard InChI is InChI=1S/C16H14N2O3/c19-10-13-8-4-5-9-14(13)20-11-15-17-16(18-21-15)12-6-2-1-3-7-12/h1-9,19H,10-11H2. The largest absolute Gasteiger partial charge is 0.483 e. The van der Waals surface area contributed by atoms with Gasteiger partial charge in [-0.1, -0.05) is 53.7 Å². The highest BCUT2D eigenvalue weighted by atomic mass is 16.5. The van der Waals surface area contributed by atoms with Crippen molar-refractivity contribution >= 4 is 0 Å². The van der Waals surface area contributed by atoms with Crippen LogP contribution in [0.15, 0.2) is 59.1 Å². The maximum atomic E-state index is 9.24. The minimum absolute atomic E-state index is 0.0741. The predicted octanol–water partition coefficient (Wildman–Crippen LogP) is 2.81. The van der Waals surface area contributed by atoms with Gasteiger partial charge < -0.3 is 14.4 Å². The van der Waals surface area contributed by atoms with Gasteiger partial charge in [0.15, 0.2) is 6.61 Å². The van der Waals surface area contributed by atoms with E-state index in [2.05, 4.69) is 10.1 Å². The molecule has 1 N–H and O–H groups in total. The number of rotatable bonds is 5. The van der Waals surface area contributed by atoms with Crippen LogP contribution in [-0.4, -0.2) is 15.2 Å². The van der Waals surface area contributed by atoms with Crippen molar-refractivity contribution in [1.82, 2.24) is 10.1 Å². The van der Waals surface area contributed by atoms with Gasteiger partial charge in [-0.05, 0) is 6.07 Å². The molecule has 0 aliphatic rings. The fourth-order valence-corrected chi connectivity index (χ4v) is 1.93. The summed E-state index contributed by atoms with van der Waals surface area (Å²) in [6, 6.07) is 16.9. The Morgan fingerprint density at radius 1 is 1.00 bits per heavy atom. The van der Waals surface area contributed by atoms with Crippen LogP contribution in [0.1, 0.15) is 11.5 Å². The van der Waals surface area contributed by atoms with Gasteiger partial charge in [0.05, 0.1) is 6.61 Å². The lowest BCUT2D eigenvalue weighted by Crippen LogP contribution is -1.98. The predicted molar refractivity (Wildman–Crippen MR) is 76.4 cm³/mol. The molecular weight excluding hydrogens is 268 g/mol. The van der Waals surface area contributed by atoms with E-state index in [1.165, 1.54) is 0 Å². The third-order valence-electron chi connectivity index (χ3n) is 2.99. The van der Waals surface area contributed by atoms with Gasteiger partial charge in [-0.15, -0.1) is 0 Å². The summed E-state index contributed by atoms with van der Waals surface area (Å²) in [5.74, 6) is 1.53. The van der Waals surface area contributed by atoms with Gasteiger partial charge in [0.25, 0.3) is 5.89 Å². The first-order valence-electron chi connectivity index (χ1n) is 6.56. The number of benzene rings is 2. The molecule has 21 heavy (non-hydrogen) atoms. The minimum atomic E-state index is -0.0741. The lowest BCUT2D eigenvalue weighted by atomic mass is 10.2. The van der Waals surface area contributed by atoms with Crippen molar-refractivity contribution in [2.45, 2.75) is 13.2 Å². The summed E-state index contributed by atoms with van der Waals surface area (Å²) in [7, 11) is 0. The Balaban J connectivity index is 1.71. The maximum absolute atomic E-state index is 9.24. The van der Waals surface area contributed by atoms with E-state index in [-0.39, 0.29) is 13.2 Å². The van der Waals surface area contributed by atoms with Gasteiger partial charge >= 0.3 is 0 Å². The second-order valence-corrected chi connectivity index (χ2v) is 4.43. The Kier molecular flexibility index (Phi) is 3.93. The number of para-hydroxylation sites is 1. The first-order valence-corrected chi connectivity index (χ1v) is 6.56. The summed E-state index contributed by atoms with van der Waals surface area (Å²) in [6.45, 7) is 0.0894. The van der Waals surface area contributed by atoms with Crippen molar-refractivity contribution in [2.75, 3.05) is 0 Å². The minimum Gasteiger partial charge on any atom is -0.483 e. The van der Waals surface area contributed by atoms with E-state index >= 15 is 0 Å². The van der Waals surface area contributed by atoms with Crippen molar-refractivity contribution in [3.63, 3.8) is 0 Å². The van der Waals surface area contributed by atoms with Crippen molar-refractivity contribution in [1.29, 1.82) is 0 Å². The molecule has 0 amide bonds. The molecule has 0 spiro atoms. The third kappa shape index (κ3) is 3.09. The van der Waals surface area contributed by atoms with E-state index in [9.17, 15) is 5.11 Å². The number of hydrogen-bond acceptors (Lipinski definition) is 5. The second kappa shape index (κ2) is 6.19. The molecule has 106 valence electrons. The molecule has 5 nitrogen and oxygen atoms in total. The first-order chi connectivity index (χ1) is 10.4. The van der Waals surface area contributed by atoms with Crippen LogP contribution in [-0.2, 0) is 13.2 Å². The Morgan fingerprint density at radius 3 is 2.57 bits per heavy atom. The SMILES string of the molecule is OCc1ccccc1OCc1nc(-c2ccccc2)no1. The summed E-state index contributed by atoms with van der Waals surface area (Å²) in [4.78, 5) is 4.29. The zero-order valence-corrected chi connectivity index (χ0v) is 11.3. The topological polar surface area (TPSA) is 68.4 Å². The van der Waals surface area contributed by atoms with Crippen LogP contribution < -0.4 is 4.74 Å². The lowest BCUT2D eigenvalue weighted by molar-refractivity contribution is 0.229. The summed E-state index contributed by atoms with van der Waals surface area (Å²) < 4.78 is 10.8. The molecule has 0 fully saturated rings. The molecule has 0 atom stereocenters. The van der Waals surface area contributed by atoms with Gasteiger partial charge in [-0.2, -0.15) is 4.98 Å². The number of hydrogen-bond donors (Lipinski definition) is 1. The lowest BCUT2D eigenvalue weighted by Gasteiger charge is -2.07. The van der Waals surface area contributed by atoms with Crippen molar-refractivity contribution in [2.24, 2.45) is 0 Å². The van der Waals surface area contributed by atoms with E-state index < -0.39 is 0 Å². The van der Waals surface area contributed by atoms with E-state index in [1.54, 1.807) is 12.1 Å². The number of aliphatic hydroxyl groups excluding tert-OH is 1. The normalized spacial score (nSPS) is 10.5. The van der Waals surface area contributed by atoms with Gasteiger partial charge in [0, 0.05) is 11.1 Å². The zero-order chi connectivity index (χ0) is 14.5. The molecule has 0 aliphatic carbocycles. The van der Waals surface area contributed by atoms with Crippen LogP contribution >= 0.6 is 0 Å². The highest BCUT2D eigenvalue weighted by molar-refractivity contribution is 5.53. The van der Waals surface area contributed by atoms with Crippen LogP contribution in [0.3, 0.4) is 0 Å². The van der Waals surface area contributed by atoms with Gasteiger partial charge in [-0.25, -0.2) is 0 Å². The second-order valence-electron chi connectivity index (χ2n) is 4.43. The molecule has 3 rings (SSSR count). The average molecular weight is 282 g/mol. The molecule has 0 radical (unpaired) electrons. The smallest absolute Gasteiger partial charge is 0.264 e. The molecule has 2 aromatic carbocycles. The summed E-state index contributed by atoms with van der Waals surface area (Å²) in [6.07, 6.45) is 0. The maximum Gasteiger partial charge on any atom is 0.264 e. The number of aliphatic hydroxyl groups is 1. The molecular formula is C16H14N2O3. The Morgan fingerprint density at radius 2 is 1.76 bits per heavy atom. The van der Waals surface area contributed by atoms with Crippen LogP contribution in [0.2, 0.25) is 0 Å². The highest BCUT2D eigenvalue weighted by Gasteiger charge is 2.09. The van der Waals surface area contributed by atoms with Crippen molar-refractivity contribution in [3.05, 3.63) is 66.1 Å². The molecule has 5 heteroatoms. The first kappa shape index (κ1) is 13.3. The van der Waals surface area contributed by atoms with Gasteiger partial charge in [0.1, 0.15) is 5.75 Å². The summed E-state index contributed by atoms with van der Waals surface area (Å²) in [5, 5.41) is 13.2. The van der Waals surface area contributed by atoms with Gasteiger partial charge in [0.2, 0.25) is 5.82 Å². The molecule has 1 heterocycles. The molecule has 1 aromatic heterocycles. The fourth-order valence-electron chi connectivity index (χ4n) is 1.93. The van der Waals surface area contributed by atoms with E-state index in [4.69, 9.17) is 9.26 Å². The average Bonchev–Trinajstić information content (AvgIpc) is 3.03. The van der Waals surface area contributed by atoms with E-state index in [1.807, 2.05) is 42.5 Å². The van der Waals surface area contributed by atoms with E-state index in [0.29, 0.717) is 17.5 Å². The van der Waals surface area contributed by atoms with E-state index in [0.717, 1.165) is 11.1 Å². The molecule has 0 saturated heterocycles. The molecule has 0 unspecified atom stereocenters. The Labute approximate surface area is 121 Å². The van der Waals surface area contributed by atoms with Gasteiger partial charge in [-0.3, -0.25) is 0 Å². The third-order valence-corrected chi connectivity index (χ3v) is 2.99. The van der Waals surface area contributed by atoms with Crippen LogP contribution in [0, 0.1) is 0 Å². The van der Waals surface area contributed by atoms with Crippen LogP contribution in [0.4, 0.5) is 0 Å². The molecule has 0 bridgehead atoms.